The van der Waals surface area contributed by atoms with Crippen LogP contribution in [0.2, 0.25) is 0 Å². The van der Waals surface area contributed by atoms with Crippen molar-refractivity contribution in [3.8, 4) is 26.9 Å². The molecule has 26 heavy (non-hydrogen) atoms. The van der Waals surface area contributed by atoms with E-state index in [0.717, 1.165) is 32.6 Å². The predicted octanol–water partition coefficient (Wildman–Crippen LogP) is 3.96. The van der Waals surface area contributed by atoms with Crippen LogP contribution in [0.15, 0.2) is 60.7 Å². The molecule has 0 aromatic carbocycles. The van der Waals surface area contributed by atoms with Crippen molar-refractivity contribution in [1.82, 2.24) is 15.0 Å². The Labute approximate surface area is 154 Å². The Bertz CT molecular complexity index is 953. The molecule has 0 saturated heterocycles. The molecule has 0 aliphatic carbocycles. The molecule has 3 aromatic rings. The average Bonchev–Trinajstić information content (AvgIpc) is 3.19. The molecular formula is C19H16N4O2S. The maximum absolute atomic E-state index is 5.69. The lowest BCUT2D eigenvalue weighted by atomic mass is 10.1. The highest BCUT2D eigenvalue weighted by atomic mass is 32.1. The molecule has 7 heteroatoms. The van der Waals surface area contributed by atoms with E-state index < -0.39 is 0 Å². The molecule has 0 radical (unpaired) electrons. The zero-order valence-corrected chi connectivity index (χ0v) is 14.8. The summed E-state index contributed by atoms with van der Waals surface area (Å²) in [6.45, 7) is 4.55. The van der Waals surface area contributed by atoms with E-state index >= 15 is 0 Å². The molecule has 130 valence electrons. The van der Waals surface area contributed by atoms with Gasteiger partial charge in [0.25, 0.3) is 0 Å². The Hall–Kier alpha value is -3.06. The van der Waals surface area contributed by atoms with Gasteiger partial charge >= 0.3 is 0 Å². The van der Waals surface area contributed by atoms with Gasteiger partial charge in [-0.3, -0.25) is 4.98 Å². The molecule has 1 aliphatic rings. The fraction of sp³-hybridized carbons (Fsp3) is 0.158. The van der Waals surface area contributed by atoms with E-state index in [2.05, 4.69) is 21.7 Å². The zero-order valence-electron chi connectivity index (χ0n) is 14.0. The number of thiazole rings is 1. The van der Waals surface area contributed by atoms with Gasteiger partial charge in [0, 0.05) is 30.6 Å². The van der Waals surface area contributed by atoms with Gasteiger partial charge in [-0.15, -0.1) is 11.3 Å². The molecule has 0 saturated carbocycles. The zero-order chi connectivity index (χ0) is 17.8. The minimum atomic E-state index is 0.364. The summed E-state index contributed by atoms with van der Waals surface area (Å²) in [5, 5.41) is 5.09. The van der Waals surface area contributed by atoms with Crippen molar-refractivity contribution >= 4 is 17.0 Å². The molecule has 4 rings (SSSR count). The lowest BCUT2D eigenvalue weighted by molar-refractivity contribution is 0.172. The standard InChI is InChI=1S/C19H16N4O2S/c1-2-9-25-23-15-7-10-24-16-6-5-14(22-18(15)16)17-12-21-19(26-17)13-4-3-8-20-11-13/h2-6,8,11-12H,1,7,9-10H2. The van der Waals surface area contributed by atoms with Crippen LogP contribution >= 0.6 is 11.3 Å². The van der Waals surface area contributed by atoms with Gasteiger partial charge in [-0.25, -0.2) is 9.97 Å². The normalized spacial score (nSPS) is 14.5. The summed E-state index contributed by atoms with van der Waals surface area (Å²) in [5.41, 5.74) is 3.32. The first kappa shape index (κ1) is 16.4. The number of hydrogen-bond donors (Lipinski definition) is 0. The van der Waals surface area contributed by atoms with E-state index in [0.29, 0.717) is 25.3 Å². The van der Waals surface area contributed by atoms with Crippen LogP contribution in [0.3, 0.4) is 0 Å². The third-order valence-electron chi connectivity index (χ3n) is 3.76. The molecule has 0 spiro atoms. The Morgan fingerprint density at radius 3 is 3.12 bits per heavy atom. The number of rotatable bonds is 5. The maximum Gasteiger partial charge on any atom is 0.147 e. The number of aromatic nitrogens is 3. The van der Waals surface area contributed by atoms with Crippen molar-refractivity contribution in [2.45, 2.75) is 6.42 Å². The van der Waals surface area contributed by atoms with Crippen LogP contribution in [0, 0.1) is 0 Å². The fourth-order valence-corrected chi connectivity index (χ4v) is 3.43. The minimum Gasteiger partial charge on any atom is -0.491 e. The smallest absolute Gasteiger partial charge is 0.147 e. The van der Waals surface area contributed by atoms with E-state index in [-0.39, 0.29) is 0 Å². The van der Waals surface area contributed by atoms with Crippen LogP contribution in [0.4, 0.5) is 0 Å². The van der Waals surface area contributed by atoms with Crippen LogP contribution < -0.4 is 4.74 Å². The molecule has 0 unspecified atom stereocenters. The van der Waals surface area contributed by atoms with E-state index in [9.17, 15) is 0 Å². The van der Waals surface area contributed by atoms with Crippen molar-refractivity contribution in [1.29, 1.82) is 0 Å². The van der Waals surface area contributed by atoms with Gasteiger partial charge in [-0.2, -0.15) is 0 Å². The fourth-order valence-electron chi connectivity index (χ4n) is 2.55. The molecule has 0 amide bonds. The Morgan fingerprint density at radius 2 is 2.27 bits per heavy atom. The molecule has 0 atom stereocenters. The summed E-state index contributed by atoms with van der Waals surface area (Å²) in [6, 6.07) is 7.75. The maximum atomic E-state index is 5.69. The minimum absolute atomic E-state index is 0.364. The SMILES string of the molecule is C=CCON=C1CCOc2ccc(-c3cnc(-c4cccnc4)s3)nc21. The molecule has 4 heterocycles. The average molecular weight is 364 g/mol. The number of nitrogens with zero attached hydrogens (tertiary/aromatic N) is 4. The second-order valence-electron chi connectivity index (χ2n) is 5.54. The first-order valence-electron chi connectivity index (χ1n) is 8.15. The van der Waals surface area contributed by atoms with Crippen LogP contribution in [-0.2, 0) is 4.84 Å². The highest BCUT2D eigenvalue weighted by molar-refractivity contribution is 7.18. The van der Waals surface area contributed by atoms with Gasteiger partial charge in [0.15, 0.2) is 0 Å². The molecular weight excluding hydrogens is 348 g/mol. The van der Waals surface area contributed by atoms with Gasteiger partial charge in [0.05, 0.1) is 17.2 Å². The molecule has 0 fully saturated rings. The van der Waals surface area contributed by atoms with E-state index in [1.807, 2.05) is 30.5 Å². The molecule has 6 nitrogen and oxygen atoms in total. The van der Waals surface area contributed by atoms with Crippen LogP contribution in [0.5, 0.6) is 5.75 Å². The molecule has 3 aromatic heterocycles. The monoisotopic (exact) mass is 364 g/mol. The van der Waals surface area contributed by atoms with Crippen LogP contribution in [-0.4, -0.2) is 33.9 Å². The summed E-state index contributed by atoms with van der Waals surface area (Å²) < 4.78 is 5.69. The highest BCUT2D eigenvalue weighted by Gasteiger charge is 2.21. The van der Waals surface area contributed by atoms with Crippen molar-refractivity contribution in [3.63, 3.8) is 0 Å². The van der Waals surface area contributed by atoms with Gasteiger partial charge in [0.2, 0.25) is 0 Å². The second-order valence-corrected chi connectivity index (χ2v) is 6.57. The Kier molecular flexibility index (Phi) is 4.70. The van der Waals surface area contributed by atoms with Gasteiger partial charge in [0.1, 0.15) is 28.8 Å². The van der Waals surface area contributed by atoms with E-state index in [1.165, 1.54) is 0 Å². The topological polar surface area (TPSA) is 69.5 Å². The van der Waals surface area contributed by atoms with Crippen molar-refractivity contribution < 1.29 is 9.57 Å². The summed E-state index contributed by atoms with van der Waals surface area (Å²) in [5.74, 6) is 0.720. The van der Waals surface area contributed by atoms with Gasteiger partial charge in [-0.1, -0.05) is 17.8 Å². The van der Waals surface area contributed by atoms with E-state index in [1.54, 1.807) is 29.8 Å². The third kappa shape index (κ3) is 3.34. The van der Waals surface area contributed by atoms with Crippen LogP contribution in [0.1, 0.15) is 12.1 Å². The quantitative estimate of drug-likeness (QED) is 0.389. The molecule has 0 bridgehead atoms. The molecule has 1 aliphatic heterocycles. The number of ether oxygens (including phenoxy) is 1. The summed E-state index contributed by atoms with van der Waals surface area (Å²) >= 11 is 1.57. The lowest BCUT2D eigenvalue weighted by Crippen LogP contribution is -2.18. The largest absolute Gasteiger partial charge is 0.491 e. The van der Waals surface area contributed by atoms with Crippen LogP contribution in [0.25, 0.3) is 21.1 Å². The highest BCUT2D eigenvalue weighted by Crippen LogP contribution is 2.33. The second kappa shape index (κ2) is 7.45. The number of fused-ring (bicyclic) bond motifs is 1. The lowest BCUT2D eigenvalue weighted by Gasteiger charge is -2.18. The summed E-state index contributed by atoms with van der Waals surface area (Å²) in [7, 11) is 0. The summed E-state index contributed by atoms with van der Waals surface area (Å²) in [4.78, 5) is 19.6. The molecule has 0 N–H and O–H groups in total. The summed E-state index contributed by atoms with van der Waals surface area (Å²) in [6.07, 6.45) is 7.70. The number of oxime groups is 1. The predicted molar refractivity (Wildman–Crippen MR) is 101 cm³/mol. The van der Waals surface area contributed by atoms with Crippen molar-refractivity contribution in [2.75, 3.05) is 13.2 Å². The first-order valence-corrected chi connectivity index (χ1v) is 8.97. The third-order valence-corrected chi connectivity index (χ3v) is 4.83. The number of hydrogen-bond acceptors (Lipinski definition) is 7. The number of pyridine rings is 2. The van der Waals surface area contributed by atoms with Gasteiger partial charge < -0.3 is 9.57 Å². The first-order chi connectivity index (χ1) is 12.8. The van der Waals surface area contributed by atoms with Crippen molar-refractivity contribution in [3.05, 3.63) is 61.2 Å². The van der Waals surface area contributed by atoms with Gasteiger partial charge in [-0.05, 0) is 24.3 Å². The van der Waals surface area contributed by atoms with E-state index in [4.69, 9.17) is 14.6 Å². The Morgan fingerprint density at radius 1 is 1.31 bits per heavy atom. The van der Waals surface area contributed by atoms with Crippen molar-refractivity contribution in [2.24, 2.45) is 5.16 Å². The Balaban J connectivity index is 1.67.